The summed E-state index contributed by atoms with van der Waals surface area (Å²) in [4.78, 5) is 28.1. The summed E-state index contributed by atoms with van der Waals surface area (Å²) in [6, 6.07) is 14.4. The first-order valence-corrected chi connectivity index (χ1v) is 9.21. The highest BCUT2D eigenvalue weighted by atomic mass is 16.2. The molecule has 1 heterocycles. The van der Waals surface area contributed by atoms with E-state index in [0.717, 1.165) is 17.7 Å². The van der Waals surface area contributed by atoms with Crippen molar-refractivity contribution in [3.05, 3.63) is 96.6 Å². The average molecular weight is 389 g/mol. The van der Waals surface area contributed by atoms with Crippen LogP contribution in [-0.4, -0.2) is 28.0 Å². The van der Waals surface area contributed by atoms with Crippen LogP contribution in [0.25, 0.3) is 0 Å². The third-order valence-electron chi connectivity index (χ3n) is 4.18. The van der Waals surface area contributed by atoms with Gasteiger partial charge in [0.1, 0.15) is 0 Å². The van der Waals surface area contributed by atoms with E-state index in [-0.39, 0.29) is 11.9 Å². The van der Waals surface area contributed by atoms with Crippen LogP contribution in [0.4, 0.5) is 10.5 Å². The first-order valence-electron chi connectivity index (χ1n) is 9.21. The van der Waals surface area contributed by atoms with Crippen molar-refractivity contribution in [1.29, 1.82) is 0 Å². The fraction of sp³-hybridized carbons (Fsp3) is 0.136. The number of nitrogens with zero attached hydrogens (tertiary/aromatic N) is 2. The van der Waals surface area contributed by atoms with Gasteiger partial charge in [0.05, 0.1) is 6.33 Å². The first kappa shape index (κ1) is 19.9. The van der Waals surface area contributed by atoms with Crippen molar-refractivity contribution in [2.24, 2.45) is 0 Å². The summed E-state index contributed by atoms with van der Waals surface area (Å²) in [7, 11) is 0. The number of hydrogen-bond donors (Lipinski definition) is 3. The number of carbonyl (C=O) groups is 2. The molecule has 0 aliphatic heterocycles. The number of rotatable bonds is 8. The summed E-state index contributed by atoms with van der Waals surface area (Å²) in [6.45, 7) is 5.11. The molecule has 148 valence electrons. The van der Waals surface area contributed by atoms with Gasteiger partial charge in [0.15, 0.2) is 0 Å². The summed E-state index contributed by atoms with van der Waals surface area (Å²) in [5.41, 5.74) is 3.27. The molecule has 3 rings (SSSR count). The van der Waals surface area contributed by atoms with Crippen LogP contribution in [0.5, 0.6) is 0 Å². The SMILES string of the molecule is C=CCNC(=O)c1ccc(NC(=O)NCc2cccc(Cn3ccnc3)c2)cc1. The van der Waals surface area contributed by atoms with Gasteiger partial charge in [0, 0.05) is 43.3 Å². The van der Waals surface area contributed by atoms with Crippen LogP contribution in [0.3, 0.4) is 0 Å². The van der Waals surface area contributed by atoms with Crippen LogP contribution in [0.2, 0.25) is 0 Å². The van der Waals surface area contributed by atoms with Gasteiger partial charge < -0.3 is 20.5 Å². The van der Waals surface area contributed by atoms with E-state index in [0.29, 0.717) is 24.3 Å². The minimum Gasteiger partial charge on any atom is -0.349 e. The second-order valence-corrected chi connectivity index (χ2v) is 6.44. The largest absolute Gasteiger partial charge is 0.349 e. The number of urea groups is 1. The molecule has 3 N–H and O–H groups in total. The molecule has 7 nitrogen and oxygen atoms in total. The van der Waals surface area contributed by atoms with Crippen LogP contribution < -0.4 is 16.0 Å². The molecule has 0 saturated carbocycles. The molecule has 29 heavy (non-hydrogen) atoms. The van der Waals surface area contributed by atoms with Gasteiger partial charge in [-0.15, -0.1) is 6.58 Å². The number of imidazole rings is 1. The molecule has 3 amide bonds. The summed E-state index contributed by atoms with van der Waals surface area (Å²) in [5.74, 6) is -0.184. The number of hydrogen-bond acceptors (Lipinski definition) is 3. The van der Waals surface area contributed by atoms with Gasteiger partial charge in [-0.25, -0.2) is 9.78 Å². The summed E-state index contributed by atoms with van der Waals surface area (Å²) in [5, 5.41) is 8.31. The Morgan fingerprint density at radius 1 is 1.07 bits per heavy atom. The maximum atomic E-state index is 12.2. The molecule has 0 unspecified atom stereocenters. The van der Waals surface area contributed by atoms with Gasteiger partial charge in [-0.1, -0.05) is 30.3 Å². The van der Waals surface area contributed by atoms with E-state index in [2.05, 4.69) is 33.6 Å². The lowest BCUT2D eigenvalue weighted by Crippen LogP contribution is -2.28. The van der Waals surface area contributed by atoms with Crippen molar-refractivity contribution < 1.29 is 9.59 Å². The number of carbonyl (C=O) groups excluding carboxylic acids is 2. The Hall–Kier alpha value is -3.87. The van der Waals surface area contributed by atoms with Gasteiger partial charge in [-0.3, -0.25) is 4.79 Å². The molecule has 3 aromatic rings. The van der Waals surface area contributed by atoms with Crippen molar-refractivity contribution in [2.75, 3.05) is 11.9 Å². The molecular weight excluding hydrogens is 366 g/mol. The summed E-state index contributed by atoms with van der Waals surface area (Å²) >= 11 is 0. The quantitative estimate of drug-likeness (QED) is 0.517. The first-order chi connectivity index (χ1) is 14.1. The molecule has 0 aliphatic carbocycles. The third-order valence-corrected chi connectivity index (χ3v) is 4.18. The van der Waals surface area contributed by atoms with Crippen LogP contribution in [0.15, 0.2) is 79.9 Å². The van der Waals surface area contributed by atoms with E-state index in [1.165, 1.54) is 0 Å². The Labute approximate surface area is 169 Å². The molecule has 0 saturated heterocycles. The number of nitrogens with one attached hydrogen (secondary N) is 3. The lowest BCUT2D eigenvalue weighted by molar-refractivity contribution is 0.0958. The molecule has 2 aromatic carbocycles. The fourth-order valence-electron chi connectivity index (χ4n) is 2.76. The van der Waals surface area contributed by atoms with Crippen LogP contribution in [-0.2, 0) is 13.1 Å². The predicted octanol–water partition coefficient (Wildman–Crippen LogP) is 3.17. The van der Waals surface area contributed by atoms with Crippen molar-refractivity contribution in [1.82, 2.24) is 20.2 Å². The Kier molecular flexibility index (Phi) is 6.78. The van der Waals surface area contributed by atoms with Gasteiger partial charge in [0.25, 0.3) is 5.91 Å². The second kappa shape index (κ2) is 9.89. The maximum absolute atomic E-state index is 12.2. The highest BCUT2D eigenvalue weighted by Gasteiger charge is 2.06. The summed E-state index contributed by atoms with van der Waals surface area (Å²) in [6.07, 6.45) is 7.04. The standard InChI is InChI=1S/C22H23N5O2/c1-2-10-24-21(28)19-6-8-20(9-7-19)26-22(29)25-14-17-4-3-5-18(13-17)15-27-12-11-23-16-27/h2-9,11-13,16H,1,10,14-15H2,(H,24,28)(H2,25,26,29). The fourth-order valence-corrected chi connectivity index (χ4v) is 2.76. The molecule has 0 aliphatic rings. The second-order valence-electron chi connectivity index (χ2n) is 6.44. The molecule has 0 fully saturated rings. The van der Waals surface area contributed by atoms with Crippen molar-refractivity contribution in [2.45, 2.75) is 13.1 Å². The van der Waals surface area contributed by atoms with Crippen molar-refractivity contribution in [3.63, 3.8) is 0 Å². The van der Waals surface area contributed by atoms with Gasteiger partial charge in [-0.2, -0.15) is 0 Å². The van der Waals surface area contributed by atoms with Crippen LogP contribution in [0, 0.1) is 0 Å². The Balaban J connectivity index is 1.49. The van der Waals surface area contributed by atoms with Crippen LogP contribution in [0.1, 0.15) is 21.5 Å². The normalized spacial score (nSPS) is 10.2. The highest BCUT2D eigenvalue weighted by Crippen LogP contribution is 2.10. The Morgan fingerprint density at radius 3 is 2.59 bits per heavy atom. The number of aromatic nitrogens is 2. The van der Waals surface area contributed by atoms with Gasteiger partial charge in [0.2, 0.25) is 0 Å². The van der Waals surface area contributed by atoms with Gasteiger partial charge >= 0.3 is 6.03 Å². The molecule has 0 spiro atoms. The zero-order valence-electron chi connectivity index (χ0n) is 16.0. The van der Waals surface area contributed by atoms with Gasteiger partial charge in [-0.05, 0) is 35.4 Å². The van der Waals surface area contributed by atoms with E-state index in [9.17, 15) is 9.59 Å². The monoisotopic (exact) mass is 389 g/mol. The Morgan fingerprint density at radius 2 is 1.86 bits per heavy atom. The van der Waals surface area contributed by atoms with Crippen LogP contribution >= 0.6 is 0 Å². The predicted molar refractivity (Wildman–Crippen MR) is 113 cm³/mol. The molecule has 0 bridgehead atoms. The van der Waals surface area contributed by atoms with E-state index >= 15 is 0 Å². The number of anilines is 1. The zero-order valence-corrected chi connectivity index (χ0v) is 16.0. The molecular formula is C22H23N5O2. The average Bonchev–Trinajstić information content (AvgIpc) is 3.24. The van der Waals surface area contributed by atoms with E-state index in [1.807, 2.05) is 29.0 Å². The molecule has 0 radical (unpaired) electrons. The topological polar surface area (TPSA) is 88.0 Å². The molecule has 7 heteroatoms. The third kappa shape index (κ3) is 6.07. The van der Waals surface area contributed by atoms with Crippen molar-refractivity contribution >= 4 is 17.6 Å². The van der Waals surface area contributed by atoms with E-state index in [4.69, 9.17) is 0 Å². The summed E-state index contributed by atoms with van der Waals surface area (Å²) < 4.78 is 1.99. The maximum Gasteiger partial charge on any atom is 0.319 e. The smallest absolute Gasteiger partial charge is 0.319 e. The lowest BCUT2D eigenvalue weighted by Gasteiger charge is -2.10. The lowest BCUT2D eigenvalue weighted by atomic mass is 10.1. The highest BCUT2D eigenvalue weighted by molar-refractivity contribution is 5.95. The minimum atomic E-state index is -0.311. The number of amides is 3. The van der Waals surface area contributed by atoms with E-state index in [1.54, 1.807) is 42.9 Å². The molecule has 1 aromatic heterocycles. The van der Waals surface area contributed by atoms with E-state index < -0.39 is 0 Å². The minimum absolute atomic E-state index is 0.184. The Bertz CT molecular complexity index is 965. The molecule has 0 atom stereocenters. The zero-order chi connectivity index (χ0) is 20.5. The number of benzene rings is 2. The van der Waals surface area contributed by atoms with Crippen molar-refractivity contribution in [3.8, 4) is 0 Å².